The molecule has 0 aliphatic carbocycles. The average Bonchev–Trinajstić information content (AvgIpc) is 2.46. The number of ether oxygens (including phenoxy) is 1. The van der Waals surface area contributed by atoms with Gasteiger partial charge >= 0.3 is 0 Å². The van der Waals surface area contributed by atoms with Crippen molar-refractivity contribution in [3.05, 3.63) is 28.8 Å². The highest BCUT2D eigenvalue weighted by molar-refractivity contribution is 6.30. The lowest BCUT2D eigenvalue weighted by atomic mass is 10.0. The van der Waals surface area contributed by atoms with Gasteiger partial charge in [0.25, 0.3) is 0 Å². The van der Waals surface area contributed by atoms with Crippen LogP contribution in [0.2, 0.25) is 5.02 Å². The maximum Gasteiger partial charge on any atom is 0.0605 e. The molecular formula is C16H25ClN2O. The lowest BCUT2D eigenvalue weighted by Gasteiger charge is -2.34. The van der Waals surface area contributed by atoms with Crippen LogP contribution in [-0.4, -0.2) is 32.3 Å². The molecule has 0 unspecified atom stereocenters. The predicted molar refractivity (Wildman–Crippen MR) is 85.7 cm³/mol. The minimum atomic E-state index is 0.405. The van der Waals surface area contributed by atoms with Crippen molar-refractivity contribution in [3.63, 3.8) is 0 Å². The van der Waals surface area contributed by atoms with Crippen molar-refractivity contribution in [3.8, 4) is 0 Å². The van der Waals surface area contributed by atoms with Gasteiger partial charge in [0.2, 0.25) is 0 Å². The highest BCUT2D eigenvalue weighted by atomic mass is 35.5. The number of anilines is 1. The van der Waals surface area contributed by atoms with Gasteiger partial charge in [-0.2, -0.15) is 0 Å². The van der Waals surface area contributed by atoms with E-state index in [1.165, 1.54) is 11.3 Å². The number of halogens is 1. The van der Waals surface area contributed by atoms with Crippen LogP contribution in [0.4, 0.5) is 5.69 Å². The van der Waals surface area contributed by atoms with E-state index in [1.807, 2.05) is 6.07 Å². The van der Waals surface area contributed by atoms with Crippen molar-refractivity contribution in [1.82, 2.24) is 5.32 Å². The van der Waals surface area contributed by atoms with Crippen LogP contribution in [0.25, 0.3) is 0 Å². The van der Waals surface area contributed by atoms with E-state index in [2.05, 4.69) is 36.2 Å². The van der Waals surface area contributed by atoms with E-state index in [1.54, 1.807) is 7.11 Å². The van der Waals surface area contributed by atoms with Crippen molar-refractivity contribution < 1.29 is 4.74 Å². The summed E-state index contributed by atoms with van der Waals surface area (Å²) in [6.45, 7) is 7.29. The van der Waals surface area contributed by atoms with Crippen molar-refractivity contribution >= 4 is 17.3 Å². The molecule has 0 radical (unpaired) electrons. The molecule has 0 atom stereocenters. The first kappa shape index (κ1) is 15.6. The summed E-state index contributed by atoms with van der Waals surface area (Å²) in [4.78, 5) is 2.43. The van der Waals surface area contributed by atoms with Gasteiger partial charge in [0.15, 0.2) is 0 Å². The molecule has 0 amide bonds. The molecule has 4 heteroatoms. The third-order valence-electron chi connectivity index (χ3n) is 3.86. The van der Waals surface area contributed by atoms with Crippen LogP contribution in [0.1, 0.15) is 32.3 Å². The van der Waals surface area contributed by atoms with Crippen LogP contribution in [0, 0.1) is 0 Å². The Bertz CT molecular complexity index is 428. The summed E-state index contributed by atoms with van der Waals surface area (Å²) in [5.41, 5.74) is 2.58. The first-order valence-corrected chi connectivity index (χ1v) is 7.77. The third kappa shape index (κ3) is 4.11. The van der Waals surface area contributed by atoms with E-state index in [-0.39, 0.29) is 0 Å². The molecule has 1 aliphatic rings. The third-order valence-corrected chi connectivity index (χ3v) is 4.10. The van der Waals surface area contributed by atoms with Crippen LogP contribution >= 0.6 is 11.6 Å². The zero-order valence-corrected chi connectivity index (χ0v) is 13.4. The second-order valence-corrected chi connectivity index (χ2v) is 6.17. The number of nitrogens with zero attached hydrogens (tertiary/aromatic N) is 1. The molecule has 112 valence electrons. The van der Waals surface area contributed by atoms with Crippen LogP contribution in [0.5, 0.6) is 0 Å². The summed E-state index contributed by atoms with van der Waals surface area (Å²) in [5, 5.41) is 4.29. The summed E-state index contributed by atoms with van der Waals surface area (Å²) in [7, 11) is 1.80. The van der Waals surface area contributed by atoms with Crippen molar-refractivity contribution in [2.24, 2.45) is 0 Å². The van der Waals surface area contributed by atoms with Crippen molar-refractivity contribution in [2.45, 2.75) is 45.4 Å². The second-order valence-electron chi connectivity index (χ2n) is 5.73. The maximum atomic E-state index is 6.18. The number of nitrogens with one attached hydrogen (secondary N) is 1. The van der Waals surface area contributed by atoms with E-state index in [9.17, 15) is 0 Å². The Kier molecular flexibility index (Phi) is 5.70. The molecule has 1 saturated heterocycles. The van der Waals surface area contributed by atoms with Gasteiger partial charge in [-0.15, -0.1) is 0 Å². The van der Waals surface area contributed by atoms with Gasteiger partial charge in [-0.3, -0.25) is 0 Å². The summed E-state index contributed by atoms with van der Waals surface area (Å²) < 4.78 is 5.44. The number of methoxy groups -OCH3 is 1. The predicted octanol–water partition coefficient (Wildman–Crippen LogP) is 3.45. The van der Waals surface area contributed by atoms with Crippen LogP contribution in [0.15, 0.2) is 18.2 Å². The Hall–Kier alpha value is -0.770. The molecule has 1 N–H and O–H groups in total. The molecule has 1 aliphatic heterocycles. The quantitative estimate of drug-likeness (QED) is 0.901. The monoisotopic (exact) mass is 296 g/mol. The second kappa shape index (κ2) is 7.30. The SMILES string of the molecule is COC1CCN(c2cc(Cl)ccc2CNC(C)C)CC1. The van der Waals surface area contributed by atoms with Gasteiger partial charge in [0.05, 0.1) is 6.10 Å². The van der Waals surface area contributed by atoms with Crippen molar-refractivity contribution in [1.29, 1.82) is 0 Å². The van der Waals surface area contributed by atoms with Crippen LogP contribution in [-0.2, 0) is 11.3 Å². The molecule has 0 aromatic heterocycles. The fourth-order valence-corrected chi connectivity index (χ4v) is 2.79. The Morgan fingerprint density at radius 1 is 1.35 bits per heavy atom. The highest BCUT2D eigenvalue weighted by Gasteiger charge is 2.20. The molecule has 1 heterocycles. The minimum absolute atomic E-state index is 0.405. The molecule has 1 fully saturated rings. The number of hydrogen-bond donors (Lipinski definition) is 1. The van der Waals surface area contributed by atoms with E-state index in [0.29, 0.717) is 12.1 Å². The van der Waals surface area contributed by atoms with E-state index >= 15 is 0 Å². The largest absolute Gasteiger partial charge is 0.381 e. The maximum absolute atomic E-state index is 6.18. The fraction of sp³-hybridized carbons (Fsp3) is 0.625. The lowest BCUT2D eigenvalue weighted by Crippen LogP contribution is -2.37. The van der Waals surface area contributed by atoms with Gasteiger partial charge < -0.3 is 15.0 Å². The van der Waals surface area contributed by atoms with Gasteiger partial charge in [-0.1, -0.05) is 31.5 Å². The smallest absolute Gasteiger partial charge is 0.0605 e. The van der Waals surface area contributed by atoms with E-state index in [4.69, 9.17) is 16.3 Å². The van der Waals surface area contributed by atoms with Crippen molar-refractivity contribution in [2.75, 3.05) is 25.1 Å². The first-order valence-electron chi connectivity index (χ1n) is 7.39. The molecule has 2 rings (SSSR count). The Labute approximate surface area is 127 Å². The van der Waals surface area contributed by atoms with E-state index < -0.39 is 0 Å². The Balaban J connectivity index is 2.10. The van der Waals surface area contributed by atoms with Gasteiger partial charge in [-0.25, -0.2) is 0 Å². The highest BCUT2D eigenvalue weighted by Crippen LogP contribution is 2.28. The summed E-state index contributed by atoms with van der Waals surface area (Å²) >= 11 is 6.18. The number of benzene rings is 1. The average molecular weight is 297 g/mol. The molecule has 3 nitrogen and oxygen atoms in total. The lowest BCUT2D eigenvalue weighted by molar-refractivity contribution is 0.0819. The summed E-state index contributed by atoms with van der Waals surface area (Å²) in [6, 6.07) is 6.68. The summed E-state index contributed by atoms with van der Waals surface area (Å²) in [5.74, 6) is 0. The molecule has 20 heavy (non-hydrogen) atoms. The number of hydrogen-bond acceptors (Lipinski definition) is 3. The fourth-order valence-electron chi connectivity index (χ4n) is 2.63. The standard InChI is InChI=1S/C16H25ClN2O/c1-12(2)18-11-13-4-5-14(17)10-16(13)19-8-6-15(20-3)7-9-19/h4-5,10,12,15,18H,6-9,11H2,1-3H3. The molecule has 1 aromatic carbocycles. The molecular weight excluding hydrogens is 272 g/mol. The zero-order chi connectivity index (χ0) is 14.5. The molecule has 0 spiro atoms. The number of rotatable bonds is 5. The molecule has 1 aromatic rings. The summed E-state index contributed by atoms with van der Waals surface area (Å²) in [6.07, 6.45) is 2.57. The van der Waals surface area contributed by atoms with Gasteiger partial charge in [0.1, 0.15) is 0 Å². The Morgan fingerprint density at radius 3 is 2.65 bits per heavy atom. The first-order chi connectivity index (χ1) is 9.60. The van der Waals surface area contributed by atoms with Crippen LogP contribution < -0.4 is 10.2 Å². The van der Waals surface area contributed by atoms with Crippen LogP contribution in [0.3, 0.4) is 0 Å². The minimum Gasteiger partial charge on any atom is -0.381 e. The normalized spacial score (nSPS) is 16.9. The van der Waals surface area contributed by atoms with Gasteiger partial charge in [-0.05, 0) is 30.5 Å². The van der Waals surface area contributed by atoms with E-state index in [0.717, 1.165) is 37.5 Å². The zero-order valence-electron chi connectivity index (χ0n) is 12.7. The topological polar surface area (TPSA) is 24.5 Å². The Morgan fingerprint density at radius 2 is 2.05 bits per heavy atom. The molecule has 0 bridgehead atoms. The van der Waals surface area contributed by atoms with Gasteiger partial charge in [0, 0.05) is 43.5 Å². The number of piperidine rings is 1. The molecule has 0 saturated carbocycles.